The molecule has 2 N–H and O–H groups in total. The minimum atomic E-state index is -0.308. The van der Waals surface area contributed by atoms with Gasteiger partial charge in [-0.1, -0.05) is 41.9 Å². The molecule has 1 unspecified atom stereocenters. The lowest BCUT2D eigenvalue weighted by molar-refractivity contribution is -0.888. The summed E-state index contributed by atoms with van der Waals surface area (Å²) in [5.74, 6) is 0.961. The Bertz CT molecular complexity index is 859. The molecule has 1 spiro atoms. The highest BCUT2D eigenvalue weighted by Gasteiger charge is 2.52. The van der Waals surface area contributed by atoms with E-state index in [0.717, 1.165) is 48.0 Å². The molecule has 2 aromatic carbocycles. The molecular formula is C21H23ClN3O+. The monoisotopic (exact) mass is 368 g/mol. The van der Waals surface area contributed by atoms with E-state index in [2.05, 4.69) is 47.8 Å². The lowest BCUT2D eigenvalue weighted by Gasteiger charge is -2.50. The number of quaternary nitrogens is 1. The average Bonchev–Trinajstić information content (AvgIpc) is 3.12. The zero-order valence-electron chi connectivity index (χ0n) is 14.8. The fraction of sp³-hybridized carbons (Fsp3) is 0.333. The van der Waals surface area contributed by atoms with Gasteiger partial charge in [-0.25, -0.2) is 0 Å². The Morgan fingerprint density at radius 2 is 1.92 bits per heavy atom. The summed E-state index contributed by atoms with van der Waals surface area (Å²) in [6.07, 6.45) is 4.31. The lowest BCUT2D eigenvalue weighted by atomic mass is 9.93. The number of benzene rings is 2. The zero-order valence-corrected chi connectivity index (χ0v) is 15.6. The number of hydrogen-bond donors (Lipinski definition) is 2. The molecular weight excluding hydrogens is 346 g/mol. The van der Waals surface area contributed by atoms with Crippen LogP contribution in [0.15, 0.2) is 54.6 Å². The third kappa shape index (κ3) is 2.52. The first kappa shape index (κ1) is 16.2. The zero-order chi connectivity index (χ0) is 17.7. The Balaban J connectivity index is 1.59. The Morgan fingerprint density at radius 3 is 2.69 bits per heavy atom. The maximum absolute atomic E-state index is 6.62. The van der Waals surface area contributed by atoms with Crippen molar-refractivity contribution in [3.05, 3.63) is 70.8 Å². The lowest BCUT2D eigenvalue weighted by Crippen LogP contribution is -3.11. The molecule has 0 aliphatic carbocycles. The van der Waals surface area contributed by atoms with Crippen LogP contribution in [0.3, 0.4) is 0 Å². The average molecular weight is 369 g/mol. The van der Waals surface area contributed by atoms with Crippen molar-refractivity contribution >= 4 is 17.3 Å². The minimum Gasteiger partial charge on any atom is -0.470 e. The van der Waals surface area contributed by atoms with E-state index in [-0.39, 0.29) is 11.8 Å². The van der Waals surface area contributed by atoms with Gasteiger partial charge >= 0.3 is 0 Å². The van der Waals surface area contributed by atoms with Gasteiger partial charge in [0.1, 0.15) is 5.75 Å². The summed E-state index contributed by atoms with van der Waals surface area (Å²) in [6.45, 7) is 2.21. The molecule has 2 aromatic rings. The van der Waals surface area contributed by atoms with Gasteiger partial charge in [0.15, 0.2) is 5.72 Å². The van der Waals surface area contributed by atoms with Gasteiger partial charge in [-0.2, -0.15) is 5.01 Å². The van der Waals surface area contributed by atoms with Gasteiger partial charge in [-0.15, -0.1) is 0 Å². The van der Waals surface area contributed by atoms with Crippen LogP contribution >= 0.6 is 11.6 Å². The molecule has 134 valence electrons. The number of halogens is 1. The summed E-state index contributed by atoms with van der Waals surface area (Å²) in [5.41, 5.74) is 6.82. The van der Waals surface area contributed by atoms with Crippen LogP contribution in [0, 0.1) is 0 Å². The van der Waals surface area contributed by atoms with Crippen LogP contribution in [0.1, 0.15) is 30.0 Å². The summed E-state index contributed by atoms with van der Waals surface area (Å²) < 4.78 is 6.62. The summed E-state index contributed by atoms with van der Waals surface area (Å²) in [7, 11) is 2.26. The third-order valence-electron chi connectivity index (χ3n) is 5.84. The quantitative estimate of drug-likeness (QED) is 0.810. The van der Waals surface area contributed by atoms with Gasteiger partial charge in [0.05, 0.1) is 44.7 Å². The van der Waals surface area contributed by atoms with E-state index in [1.165, 1.54) is 5.56 Å². The van der Waals surface area contributed by atoms with E-state index >= 15 is 0 Å². The van der Waals surface area contributed by atoms with Crippen LogP contribution < -0.4 is 15.1 Å². The molecule has 0 radical (unpaired) electrons. The number of rotatable bonds is 1. The SMILES string of the molecule is C[NH+]1CCC2(CC1)Oc1ccc(Cl)cc1C1C=C(c3ccccc3)NN12. The summed E-state index contributed by atoms with van der Waals surface area (Å²) in [4.78, 5) is 1.56. The first-order valence-electron chi connectivity index (χ1n) is 9.28. The molecule has 4 nitrogen and oxygen atoms in total. The normalized spacial score (nSPS) is 30.2. The number of likely N-dealkylation sites (tertiary alicyclic amines) is 1. The minimum absolute atomic E-state index is 0.131. The number of hydrazine groups is 1. The Morgan fingerprint density at radius 1 is 1.15 bits per heavy atom. The highest BCUT2D eigenvalue weighted by atomic mass is 35.5. The number of nitrogens with one attached hydrogen (secondary N) is 2. The van der Waals surface area contributed by atoms with Gasteiger partial charge in [0.2, 0.25) is 0 Å². The van der Waals surface area contributed by atoms with Crippen molar-refractivity contribution in [2.75, 3.05) is 20.1 Å². The molecule has 1 atom stereocenters. The van der Waals surface area contributed by atoms with E-state index in [1.54, 1.807) is 4.90 Å². The van der Waals surface area contributed by atoms with Crippen molar-refractivity contribution in [1.29, 1.82) is 0 Å². The molecule has 0 amide bonds. The number of hydrogen-bond acceptors (Lipinski definition) is 3. The Hall–Kier alpha value is -2.01. The highest BCUT2D eigenvalue weighted by molar-refractivity contribution is 6.30. The van der Waals surface area contributed by atoms with Crippen LogP contribution in [0.2, 0.25) is 5.02 Å². The van der Waals surface area contributed by atoms with Gasteiger partial charge in [0, 0.05) is 10.6 Å². The second-order valence-corrected chi connectivity index (χ2v) is 8.00. The van der Waals surface area contributed by atoms with Crippen LogP contribution in [0.25, 0.3) is 5.70 Å². The van der Waals surface area contributed by atoms with E-state index in [0.29, 0.717) is 0 Å². The van der Waals surface area contributed by atoms with Crippen molar-refractivity contribution in [2.45, 2.75) is 24.6 Å². The summed E-state index contributed by atoms with van der Waals surface area (Å²) in [5, 5.41) is 3.07. The fourth-order valence-electron chi connectivity index (χ4n) is 4.34. The molecule has 0 saturated carbocycles. The maximum Gasteiger partial charge on any atom is 0.191 e. The Labute approximate surface area is 159 Å². The first-order chi connectivity index (χ1) is 12.6. The van der Waals surface area contributed by atoms with Crippen LogP contribution in [-0.2, 0) is 0 Å². The largest absolute Gasteiger partial charge is 0.470 e. The third-order valence-corrected chi connectivity index (χ3v) is 6.08. The van der Waals surface area contributed by atoms with E-state index in [1.807, 2.05) is 24.3 Å². The second kappa shape index (κ2) is 6.02. The number of fused-ring (bicyclic) bond motifs is 4. The number of piperidine rings is 1. The molecule has 3 aliphatic heterocycles. The van der Waals surface area contributed by atoms with E-state index in [9.17, 15) is 0 Å². The predicted octanol–water partition coefficient (Wildman–Crippen LogP) is 2.64. The molecule has 3 aliphatic rings. The molecule has 0 aromatic heterocycles. The topological polar surface area (TPSA) is 28.9 Å². The fourth-order valence-corrected chi connectivity index (χ4v) is 4.52. The highest BCUT2D eigenvalue weighted by Crippen LogP contribution is 2.48. The van der Waals surface area contributed by atoms with Gasteiger partial charge in [-0.3, -0.25) is 0 Å². The Kier molecular flexibility index (Phi) is 3.74. The van der Waals surface area contributed by atoms with Crippen LogP contribution in [-0.4, -0.2) is 30.9 Å². The van der Waals surface area contributed by atoms with Crippen LogP contribution in [0.4, 0.5) is 0 Å². The molecule has 5 rings (SSSR count). The molecule has 5 heteroatoms. The molecule has 3 heterocycles. The predicted molar refractivity (Wildman–Crippen MR) is 103 cm³/mol. The van der Waals surface area contributed by atoms with Crippen molar-refractivity contribution in [3.8, 4) is 5.75 Å². The van der Waals surface area contributed by atoms with Crippen molar-refractivity contribution in [1.82, 2.24) is 10.4 Å². The summed E-state index contributed by atoms with van der Waals surface area (Å²) in [6, 6.07) is 16.6. The van der Waals surface area contributed by atoms with Gasteiger partial charge in [-0.05, 0) is 29.8 Å². The summed E-state index contributed by atoms with van der Waals surface area (Å²) >= 11 is 6.30. The molecule has 1 saturated heterocycles. The number of nitrogens with zero attached hydrogens (tertiary/aromatic N) is 1. The van der Waals surface area contributed by atoms with Crippen LogP contribution in [0.5, 0.6) is 5.75 Å². The smallest absolute Gasteiger partial charge is 0.191 e. The number of ether oxygens (including phenoxy) is 1. The maximum atomic E-state index is 6.62. The molecule has 1 fully saturated rings. The standard InChI is InChI=1S/C21H22ClN3O/c1-24-11-9-21(10-12-24)25-19(17-13-16(22)7-8-20(17)26-21)14-18(23-25)15-5-3-2-4-6-15/h2-8,13-14,19,23H,9-12H2,1H3/p+1. The van der Waals surface area contributed by atoms with Crippen molar-refractivity contribution in [3.63, 3.8) is 0 Å². The van der Waals surface area contributed by atoms with Gasteiger partial charge in [0.25, 0.3) is 0 Å². The molecule has 26 heavy (non-hydrogen) atoms. The molecule has 0 bridgehead atoms. The van der Waals surface area contributed by atoms with E-state index < -0.39 is 0 Å². The van der Waals surface area contributed by atoms with E-state index in [4.69, 9.17) is 16.3 Å². The van der Waals surface area contributed by atoms with Gasteiger partial charge < -0.3 is 15.1 Å². The second-order valence-electron chi connectivity index (χ2n) is 7.56. The van der Waals surface area contributed by atoms with Crippen molar-refractivity contribution in [2.24, 2.45) is 0 Å². The first-order valence-corrected chi connectivity index (χ1v) is 9.65. The van der Waals surface area contributed by atoms with Crippen molar-refractivity contribution < 1.29 is 9.64 Å².